The number of carbonyl (C=O) groups is 1. The molecule has 20 heavy (non-hydrogen) atoms. The van der Waals surface area contributed by atoms with Gasteiger partial charge in [0.05, 0.1) is 5.69 Å². The van der Waals surface area contributed by atoms with Gasteiger partial charge in [0.15, 0.2) is 5.69 Å². The van der Waals surface area contributed by atoms with Gasteiger partial charge in [0.1, 0.15) is 0 Å². The quantitative estimate of drug-likeness (QED) is 0.754. The van der Waals surface area contributed by atoms with E-state index in [-0.39, 0.29) is 11.6 Å². The number of tetrazole rings is 1. The SMILES string of the molecule is O=C(Nc1nn[nH]n1)c1ccn(-c2cccc(Br)c2)n1. The molecule has 0 aliphatic heterocycles. The minimum absolute atomic E-state index is 0.104. The van der Waals surface area contributed by atoms with Crippen molar-refractivity contribution in [3.8, 4) is 5.69 Å². The van der Waals surface area contributed by atoms with Crippen molar-refractivity contribution in [1.82, 2.24) is 30.4 Å². The Morgan fingerprint density at radius 3 is 3.00 bits per heavy atom. The summed E-state index contributed by atoms with van der Waals surface area (Å²) in [4.78, 5) is 11.9. The minimum Gasteiger partial charge on any atom is -0.286 e. The van der Waals surface area contributed by atoms with Crippen LogP contribution in [0.1, 0.15) is 10.5 Å². The Morgan fingerprint density at radius 1 is 1.35 bits per heavy atom. The average Bonchev–Trinajstić information content (AvgIpc) is 3.09. The van der Waals surface area contributed by atoms with Crippen molar-refractivity contribution in [1.29, 1.82) is 0 Å². The number of carbonyl (C=O) groups excluding carboxylic acids is 1. The third-order valence-electron chi connectivity index (χ3n) is 2.47. The number of aromatic amines is 1. The predicted molar refractivity (Wildman–Crippen MR) is 73.4 cm³/mol. The van der Waals surface area contributed by atoms with Crippen molar-refractivity contribution in [2.45, 2.75) is 0 Å². The van der Waals surface area contributed by atoms with E-state index in [9.17, 15) is 4.79 Å². The monoisotopic (exact) mass is 333 g/mol. The summed E-state index contributed by atoms with van der Waals surface area (Å²) in [5, 5.41) is 19.5. The molecule has 0 aliphatic rings. The zero-order valence-corrected chi connectivity index (χ0v) is 11.6. The Hall–Kier alpha value is -2.55. The number of hydrogen-bond donors (Lipinski definition) is 2. The molecule has 0 fully saturated rings. The Morgan fingerprint density at radius 2 is 2.25 bits per heavy atom. The number of nitrogens with one attached hydrogen (secondary N) is 2. The first-order valence-electron chi connectivity index (χ1n) is 5.59. The number of rotatable bonds is 3. The van der Waals surface area contributed by atoms with Crippen LogP contribution in [-0.4, -0.2) is 36.3 Å². The summed E-state index contributed by atoms with van der Waals surface area (Å²) >= 11 is 3.39. The molecule has 2 N–H and O–H groups in total. The largest absolute Gasteiger partial charge is 0.286 e. The fraction of sp³-hybridized carbons (Fsp3) is 0. The fourth-order valence-corrected chi connectivity index (χ4v) is 1.97. The van der Waals surface area contributed by atoms with Crippen molar-refractivity contribution in [2.24, 2.45) is 0 Å². The molecular weight excluding hydrogens is 326 g/mol. The molecular formula is C11H8BrN7O. The van der Waals surface area contributed by atoms with Gasteiger partial charge in [0, 0.05) is 10.7 Å². The maximum Gasteiger partial charge on any atom is 0.278 e. The van der Waals surface area contributed by atoms with E-state index < -0.39 is 5.91 Å². The van der Waals surface area contributed by atoms with Gasteiger partial charge >= 0.3 is 0 Å². The first-order chi connectivity index (χ1) is 9.72. The number of hydrogen-bond acceptors (Lipinski definition) is 5. The second kappa shape index (κ2) is 5.21. The number of amides is 1. The molecule has 2 aromatic heterocycles. The molecule has 0 unspecified atom stereocenters. The van der Waals surface area contributed by atoms with E-state index in [2.05, 4.69) is 47.0 Å². The van der Waals surface area contributed by atoms with Crippen LogP contribution in [-0.2, 0) is 0 Å². The van der Waals surface area contributed by atoms with Crippen LogP contribution in [0.3, 0.4) is 0 Å². The van der Waals surface area contributed by atoms with Gasteiger partial charge in [-0.15, -0.1) is 5.10 Å². The predicted octanol–water partition coefficient (Wildman–Crippen LogP) is 1.40. The molecule has 1 aromatic carbocycles. The minimum atomic E-state index is -0.403. The first-order valence-corrected chi connectivity index (χ1v) is 6.38. The second-order valence-electron chi connectivity index (χ2n) is 3.81. The molecule has 0 saturated carbocycles. The number of benzene rings is 1. The highest BCUT2D eigenvalue weighted by Crippen LogP contribution is 2.15. The van der Waals surface area contributed by atoms with Crippen molar-refractivity contribution in [3.05, 3.63) is 46.7 Å². The van der Waals surface area contributed by atoms with Crippen LogP contribution in [0.2, 0.25) is 0 Å². The number of H-pyrrole nitrogens is 1. The molecule has 3 aromatic rings. The lowest BCUT2D eigenvalue weighted by Gasteiger charge is -2.01. The average molecular weight is 334 g/mol. The molecule has 2 heterocycles. The van der Waals surface area contributed by atoms with Crippen molar-refractivity contribution in [2.75, 3.05) is 5.32 Å². The summed E-state index contributed by atoms with van der Waals surface area (Å²) in [5.41, 5.74) is 1.10. The van der Waals surface area contributed by atoms with Crippen LogP contribution in [0.4, 0.5) is 5.95 Å². The summed E-state index contributed by atoms with van der Waals surface area (Å²) < 4.78 is 2.54. The summed E-state index contributed by atoms with van der Waals surface area (Å²) in [6.45, 7) is 0. The van der Waals surface area contributed by atoms with Gasteiger partial charge < -0.3 is 0 Å². The van der Waals surface area contributed by atoms with E-state index in [1.54, 1.807) is 16.9 Å². The molecule has 1 amide bonds. The molecule has 0 aliphatic carbocycles. The maximum atomic E-state index is 11.9. The van der Waals surface area contributed by atoms with Gasteiger partial charge in [-0.3, -0.25) is 10.1 Å². The third kappa shape index (κ3) is 2.57. The summed E-state index contributed by atoms with van der Waals surface area (Å²) in [6, 6.07) is 9.19. The Kier molecular flexibility index (Phi) is 3.25. The standard InChI is InChI=1S/C11H8BrN7O/c12-7-2-1-3-8(6-7)19-5-4-9(16-19)10(20)13-11-14-17-18-15-11/h1-6H,(H2,13,14,15,17,18,20). The lowest BCUT2D eigenvalue weighted by Crippen LogP contribution is -2.14. The summed E-state index contributed by atoms with van der Waals surface area (Å²) in [7, 11) is 0. The highest BCUT2D eigenvalue weighted by molar-refractivity contribution is 9.10. The summed E-state index contributed by atoms with van der Waals surface area (Å²) in [5.74, 6) is -0.299. The molecule has 0 bridgehead atoms. The van der Waals surface area contributed by atoms with Gasteiger partial charge in [0.25, 0.3) is 11.9 Å². The molecule has 9 heteroatoms. The zero-order valence-electron chi connectivity index (χ0n) is 9.99. The van der Waals surface area contributed by atoms with E-state index in [1.165, 1.54) is 0 Å². The number of nitrogens with zero attached hydrogens (tertiary/aromatic N) is 5. The van der Waals surface area contributed by atoms with Crippen LogP contribution < -0.4 is 5.32 Å². The van der Waals surface area contributed by atoms with Crippen LogP contribution in [0.5, 0.6) is 0 Å². The van der Waals surface area contributed by atoms with Crippen molar-refractivity contribution < 1.29 is 4.79 Å². The topological polar surface area (TPSA) is 101 Å². The summed E-state index contributed by atoms with van der Waals surface area (Å²) in [6.07, 6.45) is 1.70. The van der Waals surface area contributed by atoms with E-state index >= 15 is 0 Å². The fourth-order valence-electron chi connectivity index (χ4n) is 1.59. The number of aromatic nitrogens is 6. The van der Waals surface area contributed by atoms with E-state index in [0.717, 1.165) is 10.2 Å². The van der Waals surface area contributed by atoms with Crippen molar-refractivity contribution in [3.63, 3.8) is 0 Å². The van der Waals surface area contributed by atoms with Gasteiger partial charge in [-0.25, -0.2) is 4.68 Å². The van der Waals surface area contributed by atoms with E-state index in [4.69, 9.17) is 0 Å². The third-order valence-corrected chi connectivity index (χ3v) is 2.96. The van der Waals surface area contributed by atoms with Crippen LogP contribution >= 0.6 is 15.9 Å². The van der Waals surface area contributed by atoms with Gasteiger partial charge in [0.2, 0.25) is 0 Å². The van der Waals surface area contributed by atoms with Crippen molar-refractivity contribution >= 4 is 27.8 Å². The maximum absolute atomic E-state index is 11.9. The normalized spacial score (nSPS) is 10.4. The van der Waals surface area contributed by atoms with E-state index in [0.29, 0.717) is 0 Å². The second-order valence-corrected chi connectivity index (χ2v) is 4.73. The molecule has 100 valence electrons. The highest BCUT2D eigenvalue weighted by atomic mass is 79.9. The van der Waals surface area contributed by atoms with Gasteiger partial charge in [-0.2, -0.15) is 10.3 Å². The van der Waals surface area contributed by atoms with Crippen LogP contribution in [0.25, 0.3) is 5.69 Å². The Labute approximate surface area is 121 Å². The molecule has 8 nitrogen and oxygen atoms in total. The lowest BCUT2D eigenvalue weighted by atomic mass is 10.3. The van der Waals surface area contributed by atoms with Crippen LogP contribution in [0, 0.1) is 0 Å². The molecule has 0 atom stereocenters. The van der Waals surface area contributed by atoms with Gasteiger partial charge in [-0.05, 0) is 29.5 Å². The zero-order chi connectivity index (χ0) is 13.9. The number of halogens is 1. The van der Waals surface area contributed by atoms with Gasteiger partial charge in [-0.1, -0.05) is 27.1 Å². The Bertz CT molecular complexity index is 737. The molecule has 0 spiro atoms. The molecule has 0 radical (unpaired) electrons. The Balaban J connectivity index is 1.81. The van der Waals surface area contributed by atoms with E-state index in [1.807, 2.05) is 24.3 Å². The number of anilines is 1. The molecule has 3 rings (SSSR count). The highest BCUT2D eigenvalue weighted by Gasteiger charge is 2.12. The van der Waals surface area contributed by atoms with Crippen LogP contribution in [0.15, 0.2) is 41.0 Å². The first kappa shape index (κ1) is 12.5. The molecule has 0 saturated heterocycles. The lowest BCUT2D eigenvalue weighted by molar-refractivity contribution is 0.102. The smallest absolute Gasteiger partial charge is 0.278 e.